The van der Waals surface area contributed by atoms with Crippen LogP contribution in [0.15, 0.2) is 22.0 Å². The van der Waals surface area contributed by atoms with Crippen LogP contribution in [0.5, 0.6) is 0 Å². The van der Waals surface area contributed by atoms with Crippen LogP contribution in [0.3, 0.4) is 0 Å². The molecular weight excluding hydrogens is 245 g/mol. The van der Waals surface area contributed by atoms with Crippen LogP contribution >= 0.6 is 11.6 Å². The molecule has 0 aromatic heterocycles. The summed E-state index contributed by atoms with van der Waals surface area (Å²) in [5, 5.41) is 0.166. The number of nitrogens with two attached hydrogens (primary N) is 1. The summed E-state index contributed by atoms with van der Waals surface area (Å²) in [7, 11) is 1.27. The van der Waals surface area contributed by atoms with Gasteiger partial charge in [-0.05, 0) is 19.3 Å². The lowest BCUT2D eigenvalue weighted by atomic mass is 9.86. The van der Waals surface area contributed by atoms with E-state index >= 15 is 0 Å². The molecule has 0 radical (unpaired) electrons. The number of carbonyl (C=O) groups is 1. The Labute approximate surface area is 105 Å². The van der Waals surface area contributed by atoms with E-state index in [0.717, 1.165) is 5.57 Å². The maximum absolute atomic E-state index is 14.0. The van der Waals surface area contributed by atoms with Gasteiger partial charge in [0.1, 0.15) is 5.83 Å². The summed E-state index contributed by atoms with van der Waals surface area (Å²) in [6.07, 6.45) is 1.84. The van der Waals surface area contributed by atoms with Crippen LogP contribution in [0.25, 0.3) is 0 Å². The van der Waals surface area contributed by atoms with Gasteiger partial charge >= 0.3 is 5.97 Å². The van der Waals surface area contributed by atoms with Gasteiger partial charge in [0.2, 0.25) is 0 Å². The first-order valence-corrected chi connectivity index (χ1v) is 5.98. The molecule has 0 aromatic carbocycles. The second-order valence-electron chi connectivity index (χ2n) is 3.90. The number of rotatable bonds is 4. The predicted octanol–water partition coefficient (Wildman–Crippen LogP) is 2.65. The van der Waals surface area contributed by atoms with Crippen LogP contribution in [0.2, 0.25) is 0 Å². The first-order valence-electron chi connectivity index (χ1n) is 5.61. The quantitative estimate of drug-likeness (QED) is 0.792. The molecule has 0 heterocycles. The number of ether oxygens (including phenoxy) is 1. The van der Waals surface area contributed by atoms with Gasteiger partial charge in [0, 0.05) is 12.1 Å². The van der Waals surface area contributed by atoms with E-state index in [2.05, 4.69) is 4.74 Å². The lowest BCUT2D eigenvalue weighted by molar-refractivity contribution is -0.143. The van der Waals surface area contributed by atoms with E-state index in [0.29, 0.717) is 24.8 Å². The van der Waals surface area contributed by atoms with Crippen molar-refractivity contribution in [2.45, 2.75) is 26.2 Å². The summed E-state index contributed by atoms with van der Waals surface area (Å²) < 4.78 is 18.7. The third-order valence-corrected chi connectivity index (χ3v) is 3.35. The fourth-order valence-electron chi connectivity index (χ4n) is 2.05. The molecule has 0 bridgehead atoms. The van der Waals surface area contributed by atoms with Gasteiger partial charge in [0.15, 0.2) is 0 Å². The van der Waals surface area contributed by atoms with Crippen molar-refractivity contribution < 1.29 is 13.9 Å². The second kappa shape index (κ2) is 6.17. The van der Waals surface area contributed by atoms with Crippen molar-refractivity contribution in [3.63, 3.8) is 0 Å². The summed E-state index contributed by atoms with van der Waals surface area (Å²) in [6, 6.07) is 0. The highest BCUT2D eigenvalue weighted by Crippen LogP contribution is 2.38. The fourth-order valence-corrected chi connectivity index (χ4v) is 2.24. The van der Waals surface area contributed by atoms with E-state index in [-0.39, 0.29) is 11.6 Å². The molecule has 0 spiro atoms. The minimum Gasteiger partial charge on any atom is -0.469 e. The first-order chi connectivity index (χ1) is 8.06. The summed E-state index contributed by atoms with van der Waals surface area (Å²) in [5.74, 6) is -1.78. The van der Waals surface area contributed by atoms with Crippen LogP contribution in [0.4, 0.5) is 4.39 Å². The Morgan fingerprint density at radius 2 is 2.24 bits per heavy atom. The third-order valence-electron chi connectivity index (χ3n) is 3.00. The molecule has 17 heavy (non-hydrogen) atoms. The molecule has 0 saturated heterocycles. The molecule has 0 aromatic rings. The van der Waals surface area contributed by atoms with Gasteiger partial charge in [-0.1, -0.05) is 24.1 Å². The number of methoxy groups -OCH3 is 1. The molecule has 1 rings (SSSR count). The Morgan fingerprint density at radius 3 is 2.71 bits per heavy atom. The van der Waals surface area contributed by atoms with E-state index in [4.69, 9.17) is 17.3 Å². The zero-order chi connectivity index (χ0) is 13.0. The molecular formula is C12H17ClFNO2. The Bertz CT molecular complexity index is 377. The highest BCUT2D eigenvalue weighted by Gasteiger charge is 2.31. The minimum absolute atomic E-state index is 0.0170. The van der Waals surface area contributed by atoms with Crippen LogP contribution in [-0.2, 0) is 9.53 Å². The summed E-state index contributed by atoms with van der Waals surface area (Å²) in [6.45, 7) is 1.94. The number of hydrogen-bond acceptors (Lipinski definition) is 3. The highest BCUT2D eigenvalue weighted by atomic mass is 35.5. The maximum Gasteiger partial charge on any atom is 0.314 e. The summed E-state index contributed by atoms with van der Waals surface area (Å²) >= 11 is 5.81. The Hall–Kier alpha value is -0.870. The number of carbonyl (C=O) groups excluding carboxylic acids is 1. The van der Waals surface area contributed by atoms with Gasteiger partial charge in [-0.15, -0.1) is 0 Å². The normalized spacial score (nSPS) is 18.4. The Morgan fingerprint density at radius 1 is 1.59 bits per heavy atom. The lowest BCUT2D eigenvalue weighted by Gasteiger charge is -2.24. The van der Waals surface area contributed by atoms with Crippen LogP contribution in [0, 0.1) is 5.92 Å². The van der Waals surface area contributed by atoms with Gasteiger partial charge in [-0.2, -0.15) is 0 Å². The minimum atomic E-state index is -0.760. The Kier molecular flexibility index (Phi) is 5.15. The van der Waals surface area contributed by atoms with E-state index in [9.17, 15) is 9.18 Å². The van der Waals surface area contributed by atoms with E-state index in [1.165, 1.54) is 7.11 Å². The van der Waals surface area contributed by atoms with Gasteiger partial charge < -0.3 is 10.5 Å². The zero-order valence-corrected chi connectivity index (χ0v) is 10.8. The van der Waals surface area contributed by atoms with E-state index in [1.807, 2.05) is 6.92 Å². The molecule has 5 heteroatoms. The molecule has 1 aliphatic carbocycles. The first kappa shape index (κ1) is 14.2. The topological polar surface area (TPSA) is 52.3 Å². The molecule has 3 nitrogen and oxygen atoms in total. The molecule has 1 atom stereocenters. The summed E-state index contributed by atoms with van der Waals surface area (Å²) in [4.78, 5) is 11.6. The molecule has 1 aliphatic rings. The van der Waals surface area contributed by atoms with Crippen molar-refractivity contribution in [3.8, 4) is 0 Å². The molecule has 96 valence electrons. The molecule has 0 fully saturated rings. The molecule has 1 unspecified atom stereocenters. The average Bonchev–Trinajstić information content (AvgIpc) is 2.35. The van der Waals surface area contributed by atoms with Crippen molar-refractivity contribution in [2.24, 2.45) is 11.7 Å². The van der Waals surface area contributed by atoms with Crippen molar-refractivity contribution in [2.75, 3.05) is 13.7 Å². The van der Waals surface area contributed by atoms with Gasteiger partial charge in [0.25, 0.3) is 0 Å². The van der Waals surface area contributed by atoms with Crippen molar-refractivity contribution >= 4 is 17.6 Å². The smallest absolute Gasteiger partial charge is 0.314 e. The van der Waals surface area contributed by atoms with Gasteiger partial charge in [0.05, 0.1) is 18.1 Å². The van der Waals surface area contributed by atoms with Crippen LogP contribution in [-0.4, -0.2) is 19.6 Å². The van der Waals surface area contributed by atoms with E-state index < -0.39 is 17.7 Å². The average molecular weight is 262 g/mol. The number of hydrogen-bond donors (Lipinski definition) is 1. The molecule has 0 aliphatic heterocycles. The van der Waals surface area contributed by atoms with Gasteiger partial charge in [-0.3, -0.25) is 4.79 Å². The summed E-state index contributed by atoms with van der Waals surface area (Å²) in [5.41, 5.74) is 6.76. The predicted molar refractivity (Wildman–Crippen MR) is 65.1 cm³/mol. The third kappa shape index (κ3) is 2.87. The van der Waals surface area contributed by atoms with Gasteiger partial charge in [-0.25, -0.2) is 4.39 Å². The largest absolute Gasteiger partial charge is 0.469 e. The lowest BCUT2D eigenvalue weighted by Crippen LogP contribution is -2.29. The highest BCUT2D eigenvalue weighted by molar-refractivity contribution is 6.30. The van der Waals surface area contributed by atoms with Crippen molar-refractivity contribution in [1.82, 2.24) is 0 Å². The number of allylic oxidation sites excluding steroid dienone is 3. The number of halogens is 2. The van der Waals surface area contributed by atoms with Crippen molar-refractivity contribution in [1.29, 1.82) is 0 Å². The van der Waals surface area contributed by atoms with Crippen LogP contribution < -0.4 is 5.73 Å². The van der Waals surface area contributed by atoms with E-state index in [1.54, 1.807) is 0 Å². The number of esters is 1. The fraction of sp³-hybridized carbons (Fsp3) is 0.583. The zero-order valence-electron chi connectivity index (χ0n) is 10.1. The van der Waals surface area contributed by atoms with Crippen LogP contribution in [0.1, 0.15) is 26.2 Å². The molecule has 0 saturated carbocycles. The SMILES string of the molecule is CCC1=C(C(CN)C(=O)OC)C(F)=C(Cl)CC1. The molecule has 0 amide bonds. The maximum atomic E-state index is 14.0. The Balaban J connectivity index is 3.20. The standard InChI is InChI=1S/C12H17ClFNO2/c1-3-7-4-5-9(13)11(14)10(7)8(6-15)12(16)17-2/h8H,3-6,15H2,1-2H3. The second-order valence-corrected chi connectivity index (χ2v) is 4.36. The monoisotopic (exact) mass is 261 g/mol. The van der Waals surface area contributed by atoms with Crippen molar-refractivity contribution in [3.05, 3.63) is 22.0 Å². The molecule has 2 N–H and O–H groups in total.